The van der Waals surface area contributed by atoms with Crippen LogP contribution in [0.15, 0.2) is 18.2 Å². The number of hydrogen-bond acceptors (Lipinski definition) is 2. The van der Waals surface area contributed by atoms with E-state index >= 15 is 0 Å². The Kier molecular flexibility index (Phi) is 3.98. The van der Waals surface area contributed by atoms with Crippen molar-refractivity contribution in [2.75, 3.05) is 0 Å². The van der Waals surface area contributed by atoms with Crippen LogP contribution >= 0.6 is 0 Å². The Morgan fingerprint density at radius 2 is 1.75 bits per heavy atom. The number of ether oxygens (including phenoxy) is 1. The van der Waals surface area contributed by atoms with Crippen molar-refractivity contribution in [3.05, 3.63) is 29.3 Å². The van der Waals surface area contributed by atoms with Gasteiger partial charge in [-0.1, -0.05) is 18.2 Å². The minimum absolute atomic E-state index is 0.152. The van der Waals surface area contributed by atoms with Crippen molar-refractivity contribution in [1.82, 2.24) is 0 Å². The van der Waals surface area contributed by atoms with Gasteiger partial charge >= 0.3 is 0 Å². The van der Waals surface area contributed by atoms with Crippen molar-refractivity contribution >= 4 is 0 Å². The van der Waals surface area contributed by atoms with Gasteiger partial charge in [0, 0.05) is 12.5 Å². The van der Waals surface area contributed by atoms with E-state index in [1.807, 2.05) is 6.92 Å². The summed E-state index contributed by atoms with van der Waals surface area (Å²) in [4.78, 5) is 0. The first-order valence-corrected chi connectivity index (χ1v) is 5.82. The minimum atomic E-state index is -0.217. The lowest BCUT2D eigenvalue weighted by Gasteiger charge is -2.29. The van der Waals surface area contributed by atoms with E-state index in [1.54, 1.807) is 0 Å². The number of nitrogens with two attached hydrogens (primary N) is 1. The molecule has 0 bridgehead atoms. The summed E-state index contributed by atoms with van der Waals surface area (Å²) in [6.07, 6.45) is 0.848. The van der Waals surface area contributed by atoms with E-state index < -0.39 is 0 Å². The number of aryl methyl sites for hydroxylation is 2. The van der Waals surface area contributed by atoms with Gasteiger partial charge in [0.05, 0.1) is 0 Å². The molecule has 0 aliphatic heterocycles. The van der Waals surface area contributed by atoms with Crippen molar-refractivity contribution in [3.8, 4) is 5.75 Å². The van der Waals surface area contributed by atoms with Crippen LogP contribution < -0.4 is 10.5 Å². The average Bonchev–Trinajstić information content (AvgIpc) is 2.09. The van der Waals surface area contributed by atoms with Crippen molar-refractivity contribution in [2.24, 2.45) is 5.73 Å². The topological polar surface area (TPSA) is 35.2 Å². The first-order chi connectivity index (χ1) is 7.32. The highest BCUT2D eigenvalue weighted by Gasteiger charge is 2.23. The summed E-state index contributed by atoms with van der Waals surface area (Å²) in [6, 6.07) is 6.35. The highest BCUT2D eigenvalue weighted by molar-refractivity contribution is 5.40. The fourth-order valence-electron chi connectivity index (χ4n) is 2.05. The third-order valence-corrected chi connectivity index (χ3v) is 2.60. The van der Waals surface area contributed by atoms with E-state index in [0.717, 1.165) is 12.2 Å². The SMILES string of the molecule is Cc1cccc(C)c1OC(C)(C)CC(C)N. The Labute approximate surface area is 98.8 Å². The third-order valence-electron chi connectivity index (χ3n) is 2.60. The predicted octanol–water partition coefficient (Wildman–Crippen LogP) is 3.20. The average molecular weight is 221 g/mol. The Balaban J connectivity index is 2.87. The van der Waals surface area contributed by atoms with Crippen molar-refractivity contribution in [1.29, 1.82) is 0 Å². The summed E-state index contributed by atoms with van der Waals surface area (Å²) < 4.78 is 6.09. The van der Waals surface area contributed by atoms with E-state index in [0.29, 0.717) is 0 Å². The molecule has 1 aromatic carbocycles. The second-order valence-electron chi connectivity index (χ2n) is 5.26. The molecule has 0 aliphatic carbocycles. The van der Waals surface area contributed by atoms with E-state index in [9.17, 15) is 0 Å². The van der Waals surface area contributed by atoms with Crippen molar-refractivity contribution in [3.63, 3.8) is 0 Å². The number of rotatable bonds is 4. The lowest BCUT2D eigenvalue weighted by Crippen LogP contribution is -2.35. The zero-order valence-electron chi connectivity index (χ0n) is 11.0. The molecule has 1 atom stereocenters. The molecule has 90 valence electrons. The molecule has 0 saturated carbocycles. The standard InChI is InChI=1S/C14H23NO/c1-10-7-6-8-11(2)13(10)16-14(4,5)9-12(3)15/h6-8,12H,9,15H2,1-5H3. The molecule has 1 aromatic rings. The van der Waals surface area contributed by atoms with Crippen LogP contribution in [0, 0.1) is 13.8 Å². The molecule has 1 rings (SSSR count). The maximum Gasteiger partial charge on any atom is 0.125 e. The van der Waals surface area contributed by atoms with Crippen LogP contribution in [0.2, 0.25) is 0 Å². The molecule has 0 heterocycles. The summed E-state index contributed by atoms with van der Waals surface area (Å²) >= 11 is 0. The van der Waals surface area contributed by atoms with E-state index in [2.05, 4.69) is 45.9 Å². The van der Waals surface area contributed by atoms with Gasteiger partial charge in [0.25, 0.3) is 0 Å². The second kappa shape index (κ2) is 4.88. The molecule has 2 heteroatoms. The molecule has 1 unspecified atom stereocenters. The van der Waals surface area contributed by atoms with Gasteiger partial charge in [-0.15, -0.1) is 0 Å². The molecule has 0 spiro atoms. The van der Waals surface area contributed by atoms with Crippen LogP contribution in [0.25, 0.3) is 0 Å². The van der Waals surface area contributed by atoms with Crippen molar-refractivity contribution < 1.29 is 4.74 Å². The Morgan fingerprint density at radius 1 is 1.25 bits per heavy atom. The Hall–Kier alpha value is -1.02. The predicted molar refractivity (Wildman–Crippen MR) is 68.9 cm³/mol. The van der Waals surface area contributed by atoms with Gasteiger partial charge < -0.3 is 10.5 Å². The minimum Gasteiger partial charge on any atom is -0.487 e. The van der Waals surface area contributed by atoms with Gasteiger partial charge in [-0.3, -0.25) is 0 Å². The lowest BCUT2D eigenvalue weighted by atomic mass is 9.99. The van der Waals surface area contributed by atoms with Crippen molar-refractivity contribution in [2.45, 2.75) is 52.7 Å². The van der Waals surface area contributed by atoms with Gasteiger partial charge in [-0.2, -0.15) is 0 Å². The molecular weight excluding hydrogens is 198 g/mol. The third kappa shape index (κ3) is 3.53. The summed E-state index contributed by atoms with van der Waals surface area (Å²) in [5, 5.41) is 0. The zero-order chi connectivity index (χ0) is 12.3. The molecule has 2 nitrogen and oxygen atoms in total. The fourth-order valence-corrected chi connectivity index (χ4v) is 2.05. The summed E-state index contributed by atoms with van der Waals surface area (Å²) in [7, 11) is 0. The van der Waals surface area contributed by atoms with Crippen LogP contribution in [-0.4, -0.2) is 11.6 Å². The molecular formula is C14H23NO. The largest absolute Gasteiger partial charge is 0.487 e. The molecule has 0 aromatic heterocycles. The van der Waals surface area contributed by atoms with Gasteiger partial charge in [0.1, 0.15) is 11.4 Å². The second-order valence-corrected chi connectivity index (χ2v) is 5.26. The molecule has 0 radical (unpaired) electrons. The lowest BCUT2D eigenvalue weighted by molar-refractivity contribution is 0.0915. The fraction of sp³-hybridized carbons (Fsp3) is 0.571. The first-order valence-electron chi connectivity index (χ1n) is 5.82. The maximum atomic E-state index is 6.09. The Bertz CT molecular complexity index is 336. The van der Waals surface area contributed by atoms with E-state index in [-0.39, 0.29) is 11.6 Å². The number of hydrogen-bond donors (Lipinski definition) is 1. The maximum absolute atomic E-state index is 6.09. The smallest absolute Gasteiger partial charge is 0.125 e. The van der Waals surface area contributed by atoms with Crippen LogP contribution in [0.1, 0.15) is 38.3 Å². The van der Waals surface area contributed by atoms with Crippen LogP contribution in [0.3, 0.4) is 0 Å². The van der Waals surface area contributed by atoms with E-state index in [1.165, 1.54) is 11.1 Å². The molecule has 16 heavy (non-hydrogen) atoms. The molecule has 2 N–H and O–H groups in total. The molecule has 0 amide bonds. The van der Waals surface area contributed by atoms with E-state index in [4.69, 9.17) is 10.5 Å². The van der Waals surface area contributed by atoms with Gasteiger partial charge in [0.2, 0.25) is 0 Å². The summed E-state index contributed by atoms with van der Waals surface area (Å²) in [5.41, 5.74) is 7.97. The quantitative estimate of drug-likeness (QED) is 0.847. The van der Waals surface area contributed by atoms with Gasteiger partial charge in [-0.05, 0) is 45.7 Å². The molecule has 0 saturated heterocycles. The monoisotopic (exact) mass is 221 g/mol. The van der Waals surface area contributed by atoms with Crippen LogP contribution in [0.5, 0.6) is 5.75 Å². The van der Waals surface area contributed by atoms with Crippen LogP contribution in [0.4, 0.5) is 0 Å². The molecule has 0 fully saturated rings. The molecule has 0 aliphatic rings. The van der Waals surface area contributed by atoms with Crippen LogP contribution in [-0.2, 0) is 0 Å². The Morgan fingerprint density at radius 3 is 2.19 bits per heavy atom. The summed E-state index contributed by atoms with van der Waals surface area (Å²) in [6.45, 7) is 10.3. The first kappa shape index (κ1) is 13.0. The summed E-state index contributed by atoms with van der Waals surface area (Å²) in [5.74, 6) is 0.994. The highest BCUT2D eigenvalue weighted by Crippen LogP contribution is 2.28. The van der Waals surface area contributed by atoms with Gasteiger partial charge in [-0.25, -0.2) is 0 Å². The van der Waals surface area contributed by atoms with Gasteiger partial charge in [0.15, 0.2) is 0 Å². The normalized spacial score (nSPS) is 13.6. The number of benzene rings is 1. The number of para-hydroxylation sites is 1. The highest BCUT2D eigenvalue weighted by atomic mass is 16.5. The zero-order valence-corrected chi connectivity index (χ0v) is 11.0.